The van der Waals surface area contributed by atoms with Gasteiger partial charge in [-0.2, -0.15) is 4.31 Å². The number of rotatable bonds is 4. The van der Waals surface area contributed by atoms with Gasteiger partial charge in [0.1, 0.15) is 0 Å². The monoisotopic (exact) mass is 248 g/mol. The summed E-state index contributed by atoms with van der Waals surface area (Å²) in [6, 6.07) is 0. The molecule has 1 saturated heterocycles. The molecule has 1 aliphatic rings. The second kappa shape index (κ2) is 5.02. The third-order valence-electron chi connectivity index (χ3n) is 3.41. The van der Waals surface area contributed by atoms with Crippen molar-refractivity contribution in [3.8, 4) is 0 Å². The van der Waals surface area contributed by atoms with Gasteiger partial charge in [-0.25, -0.2) is 8.42 Å². The van der Waals surface area contributed by atoms with Crippen molar-refractivity contribution in [2.24, 2.45) is 5.41 Å². The van der Waals surface area contributed by atoms with Crippen LogP contribution in [0.2, 0.25) is 0 Å². The molecule has 0 aromatic carbocycles. The number of hydrogen-bond donors (Lipinski definition) is 0. The van der Waals surface area contributed by atoms with Gasteiger partial charge in [0.2, 0.25) is 10.0 Å². The molecule has 0 aromatic heterocycles. The third kappa shape index (κ3) is 4.03. The summed E-state index contributed by atoms with van der Waals surface area (Å²) in [5.74, 6) is 0. The lowest BCUT2D eigenvalue weighted by Crippen LogP contribution is -2.50. The molecule has 5 heteroatoms. The highest BCUT2D eigenvalue weighted by Crippen LogP contribution is 2.22. The van der Waals surface area contributed by atoms with Crippen molar-refractivity contribution in [1.29, 1.82) is 0 Å². The van der Waals surface area contributed by atoms with Crippen molar-refractivity contribution in [3.63, 3.8) is 0 Å². The van der Waals surface area contributed by atoms with Crippen molar-refractivity contribution in [2.45, 2.75) is 27.2 Å². The summed E-state index contributed by atoms with van der Waals surface area (Å²) in [4.78, 5) is 2.37. The molecule has 1 fully saturated rings. The van der Waals surface area contributed by atoms with Gasteiger partial charge in [-0.1, -0.05) is 20.8 Å². The molecule has 16 heavy (non-hydrogen) atoms. The first-order valence-electron chi connectivity index (χ1n) is 5.92. The van der Waals surface area contributed by atoms with Crippen LogP contribution in [-0.2, 0) is 10.0 Å². The Balaban J connectivity index is 2.44. The van der Waals surface area contributed by atoms with Crippen molar-refractivity contribution in [2.75, 3.05) is 39.0 Å². The van der Waals surface area contributed by atoms with Crippen molar-refractivity contribution in [1.82, 2.24) is 9.21 Å². The van der Waals surface area contributed by atoms with Crippen LogP contribution in [-0.4, -0.2) is 56.6 Å². The Morgan fingerprint density at radius 2 is 1.62 bits per heavy atom. The molecule has 1 rings (SSSR count). The van der Waals surface area contributed by atoms with Crippen LogP contribution in [0.25, 0.3) is 0 Å². The van der Waals surface area contributed by atoms with Gasteiger partial charge in [0, 0.05) is 32.7 Å². The Hall–Kier alpha value is -0.130. The lowest BCUT2D eigenvalue weighted by molar-refractivity contribution is 0.130. The van der Waals surface area contributed by atoms with Crippen LogP contribution >= 0.6 is 0 Å². The molecule has 1 aliphatic heterocycles. The van der Waals surface area contributed by atoms with Crippen molar-refractivity contribution >= 4 is 10.0 Å². The molecule has 0 saturated carbocycles. The van der Waals surface area contributed by atoms with Crippen LogP contribution in [0.5, 0.6) is 0 Å². The van der Waals surface area contributed by atoms with E-state index in [-0.39, 0.29) is 0 Å². The quantitative estimate of drug-likeness (QED) is 0.745. The molecule has 0 atom stereocenters. The maximum atomic E-state index is 11.3. The van der Waals surface area contributed by atoms with Gasteiger partial charge in [0.05, 0.1) is 6.26 Å². The Labute approximate surface area is 99.7 Å². The van der Waals surface area contributed by atoms with E-state index in [4.69, 9.17) is 0 Å². The van der Waals surface area contributed by atoms with E-state index < -0.39 is 10.0 Å². The lowest BCUT2D eigenvalue weighted by atomic mass is 9.89. The van der Waals surface area contributed by atoms with Gasteiger partial charge in [-0.05, 0) is 11.8 Å². The molecule has 96 valence electrons. The van der Waals surface area contributed by atoms with Crippen LogP contribution in [0.3, 0.4) is 0 Å². The van der Waals surface area contributed by atoms with E-state index in [0.29, 0.717) is 18.5 Å². The molecule has 0 amide bonds. The fourth-order valence-corrected chi connectivity index (χ4v) is 2.76. The maximum absolute atomic E-state index is 11.3. The van der Waals surface area contributed by atoms with E-state index in [0.717, 1.165) is 26.1 Å². The minimum Gasteiger partial charge on any atom is -0.300 e. The van der Waals surface area contributed by atoms with Gasteiger partial charge in [-0.3, -0.25) is 0 Å². The van der Waals surface area contributed by atoms with Crippen LogP contribution in [0.4, 0.5) is 0 Å². The van der Waals surface area contributed by atoms with Crippen LogP contribution in [0, 0.1) is 5.41 Å². The zero-order valence-electron chi connectivity index (χ0n) is 10.9. The predicted molar refractivity (Wildman–Crippen MR) is 66.9 cm³/mol. The first kappa shape index (κ1) is 13.9. The Kier molecular flexibility index (Phi) is 4.37. The van der Waals surface area contributed by atoms with Crippen molar-refractivity contribution in [3.05, 3.63) is 0 Å². The molecule has 4 nitrogen and oxygen atoms in total. The zero-order chi connectivity index (χ0) is 12.4. The third-order valence-corrected chi connectivity index (χ3v) is 4.71. The van der Waals surface area contributed by atoms with E-state index in [1.807, 2.05) is 0 Å². The molecule has 0 aromatic rings. The zero-order valence-corrected chi connectivity index (χ0v) is 11.7. The molecular weight excluding hydrogens is 224 g/mol. The van der Waals surface area contributed by atoms with Gasteiger partial charge >= 0.3 is 0 Å². The Morgan fingerprint density at radius 1 is 1.12 bits per heavy atom. The molecular formula is C11H24N2O2S. The summed E-state index contributed by atoms with van der Waals surface area (Å²) >= 11 is 0. The van der Waals surface area contributed by atoms with Gasteiger partial charge in [0.25, 0.3) is 0 Å². The van der Waals surface area contributed by atoms with Gasteiger partial charge in [0.15, 0.2) is 0 Å². The van der Waals surface area contributed by atoms with E-state index in [1.165, 1.54) is 6.26 Å². The summed E-state index contributed by atoms with van der Waals surface area (Å²) < 4.78 is 24.3. The van der Waals surface area contributed by atoms with Crippen LogP contribution < -0.4 is 0 Å². The average molecular weight is 248 g/mol. The minimum absolute atomic E-state index is 0.327. The summed E-state index contributed by atoms with van der Waals surface area (Å²) in [5, 5.41) is 0. The average Bonchev–Trinajstić information content (AvgIpc) is 2.16. The lowest BCUT2D eigenvalue weighted by Gasteiger charge is -2.37. The summed E-state index contributed by atoms with van der Waals surface area (Å²) in [7, 11) is -2.99. The minimum atomic E-state index is -2.99. The Bertz CT molecular complexity index is 317. The predicted octanol–water partition coefficient (Wildman–Crippen LogP) is 1.000. The molecule has 0 bridgehead atoms. The molecule has 0 radical (unpaired) electrons. The van der Waals surface area contributed by atoms with Crippen LogP contribution in [0.15, 0.2) is 0 Å². The first-order chi connectivity index (χ1) is 7.24. The first-order valence-corrected chi connectivity index (χ1v) is 7.77. The maximum Gasteiger partial charge on any atom is 0.211 e. The topological polar surface area (TPSA) is 40.6 Å². The van der Waals surface area contributed by atoms with Gasteiger partial charge in [-0.15, -0.1) is 0 Å². The second-order valence-electron chi connectivity index (χ2n) is 5.46. The van der Waals surface area contributed by atoms with E-state index >= 15 is 0 Å². The highest BCUT2D eigenvalue weighted by Gasteiger charge is 2.26. The molecule has 0 N–H and O–H groups in total. The molecule has 0 spiro atoms. The van der Waals surface area contributed by atoms with Crippen LogP contribution in [0.1, 0.15) is 27.2 Å². The second-order valence-corrected chi connectivity index (χ2v) is 7.44. The van der Waals surface area contributed by atoms with E-state index in [1.54, 1.807) is 4.31 Å². The van der Waals surface area contributed by atoms with E-state index in [2.05, 4.69) is 25.7 Å². The highest BCUT2D eigenvalue weighted by molar-refractivity contribution is 7.88. The fourth-order valence-electron chi connectivity index (χ4n) is 1.94. The Morgan fingerprint density at radius 3 is 2.00 bits per heavy atom. The molecule has 0 aliphatic carbocycles. The highest BCUT2D eigenvalue weighted by atomic mass is 32.2. The summed E-state index contributed by atoms with van der Waals surface area (Å²) in [6.45, 7) is 10.8. The number of sulfonamides is 1. The number of nitrogens with zero attached hydrogens (tertiary/aromatic N) is 2. The fraction of sp³-hybridized carbons (Fsp3) is 1.00. The van der Waals surface area contributed by atoms with E-state index in [9.17, 15) is 8.42 Å². The standard InChI is InChI=1S/C11H24N2O2S/c1-5-11(2,3)10-12-6-8-13(9-7-12)16(4,14)15/h5-10H2,1-4H3. The molecule has 1 heterocycles. The summed E-state index contributed by atoms with van der Waals surface area (Å²) in [6.07, 6.45) is 2.44. The van der Waals surface area contributed by atoms with Crippen molar-refractivity contribution < 1.29 is 8.42 Å². The molecule has 0 unspecified atom stereocenters. The normalized spacial score (nSPS) is 21.2. The smallest absolute Gasteiger partial charge is 0.211 e. The largest absolute Gasteiger partial charge is 0.300 e. The van der Waals surface area contributed by atoms with Gasteiger partial charge < -0.3 is 4.90 Å². The SMILES string of the molecule is CCC(C)(C)CN1CCN(S(C)(=O)=O)CC1. The number of piperazine rings is 1. The number of hydrogen-bond acceptors (Lipinski definition) is 3. The summed E-state index contributed by atoms with van der Waals surface area (Å²) in [5.41, 5.74) is 0.327.